The molecule has 22 heavy (non-hydrogen) atoms. The van der Waals surface area contributed by atoms with Crippen molar-refractivity contribution in [3.05, 3.63) is 45.0 Å². The zero-order valence-corrected chi connectivity index (χ0v) is 11.7. The largest absolute Gasteiger partial charge is 0.383 e. The second-order valence-corrected chi connectivity index (χ2v) is 4.04. The van der Waals surface area contributed by atoms with E-state index in [0.717, 1.165) is 12.4 Å². The van der Waals surface area contributed by atoms with Gasteiger partial charge in [0.2, 0.25) is 0 Å². The number of aliphatic imine (C=N–C) groups is 1. The quantitative estimate of drug-likeness (QED) is 0.511. The summed E-state index contributed by atoms with van der Waals surface area (Å²) in [5.74, 6) is -1.77. The number of nitrogens with one attached hydrogen (secondary N) is 2. The third kappa shape index (κ3) is 5.48. The Morgan fingerprint density at radius 3 is 2.18 bits per heavy atom. The monoisotopic (exact) mass is 313 g/mol. The van der Waals surface area contributed by atoms with Crippen molar-refractivity contribution in [2.24, 2.45) is 4.99 Å². The Bertz CT molecular complexity index is 770. The highest BCUT2D eigenvalue weighted by atomic mass is 19.1. The van der Waals surface area contributed by atoms with Gasteiger partial charge in [-0.25, -0.2) is 23.4 Å². The number of nitrogens with two attached hydrogens (primary N) is 1. The molecule has 2 aromatic rings. The first kappa shape index (κ1) is 16.9. The summed E-state index contributed by atoms with van der Waals surface area (Å²) in [4.78, 5) is 36.6. The molecule has 4 N–H and O–H groups in total. The number of nitrogen functional groups attached to an aromatic ring is 1. The van der Waals surface area contributed by atoms with Gasteiger partial charge in [0.05, 0.1) is 18.7 Å². The second-order valence-electron chi connectivity index (χ2n) is 4.04. The molecule has 0 aromatic carbocycles. The molecule has 2 aromatic heterocycles. The van der Waals surface area contributed by atoms with Crippen molar-refractivity contribution in [1.29, 1.82) is 0 Å². The van der Waals surface area contributed by atoms with Gasteiger partial charge in [0.15, 0.2) is 17.5 Å². The van der Waals surface area contributed by atoms with Crippen LogP contribution in [-0.4, -0.2) is 45.3 Å². The minimum atomic E-state index is -0.713. The Kier molecular flexibility index (Phi) is 5.86. The lowest BCUT2D eigenvalue weighted by Crippen LogP contribution is -2.12. The number of aromatic nitrogens is 4. The molecule has 0 unspecified atom stereocenters. The van der Waals surface area contributed by atoms with E-state index in [-0.39, 0.29) is 11.6 Å². The highest BCUT2D eigenvalue weighted by Crippen LogP contribution is 2.08. The van der Waals surface area contributed by atoms with Gasteiger partial charge in [-0.3, -0.25) is 9.97 Å². The summed E-state index contributed by atoms with van der Waals surface area (Å²) in [6, 6.07) is 0. The van der Waals surface area contributed by atoms with E-state index in [1.807, 2.05) is 4.98 Å². The van der Waals surface area contributed by atoms with Crippen LogP contribution in [0.4, 0.5) is 20.4 Å². The van der Waals surface area contributed by atoms with Crippen LogP contribution in [0.25, 0.3) is 0 Å². The number of H-pyrrole nitrogens is 2. The molecule has 0 atom stereocenters. The number of nitrogens with zero attached hydrogens (tertiary/aromatic N) is 4. The second kappa shape index (κ2) is 7.61. The molecule has 11 heteroatoms. The van der Waals surface area contributed by atoms with E-state index in [9.17, 15) is 18.4 Å². The minimum absolute atomic E-state index is 0.117. The standard InChI is InChI=1S/C7H9FN4O.C4H4FN3O/c1-12(2)4-10-6-5(8)3-9-7(13)11-6;5-2-1-7-4(9)8-3(2)6/h3-4H,1-2H3,(H,9,11,13);1H,(H3,6,7,8,9). The molecule has 0 amide bonds. The van der Waals surface area contributed by atoms with Crippen molar-refractivity contribution >= 4 is 18.0 Å². The molecule has 0 bridgehead atoms. The van der Waals surface area contributed by atoms with Crippen molar-refractivity contribution in [3.8, 4) is 0 Å². The lowest BCUT2D eigenvalue weighted by Gasteiger charge is -2.01. The number of aromatic amines is 2. The molecule has 0 spiro atoms. The van der Waals surface area contributed by atoms with E-state index in [2.05, 4.69) is 19.9 Å². The van der Waals surface area contributed by atoms with Crippen molar-refractivity contribution in [3.63, 3.8) is 0 Å². The van der Waals surface area contributed by atoms with Gasteiger partial charge in [-0.1, -0.05) is 0 Å². The Morgan fingerprint density at radius 2 is 1.68 bits per heavy atom. The van der Waals surface area contributed by atoms with E-state index in [1.165, 1.54) is 6.34 Å². The average molecular weight is 313 g/mol. The number of hydrogen-bond donors (Lipinski definition) is 3. The predicted octanol–water partition coefficient (Wildman–Crippen LogP) is -0.378. The molecule has 0 radical (unpaired) electrons. The normalized spacial score (nSPS) is 10.2. The minimum Gasteiger partial charge on any atom is -0.383 e. The lowest BCUT2D eigenvalue weighted by molar-refractivity contribution is 0.609. The fraction of sp³-hybridized carbons (Fsp3) is 0.182. The van der Waals surface area contributed by atoms with E-state index in [4.69, 9.17) is 5.73 Å². The van der Waals surface area contributed by atoms with Crippen LogP contribution in [0.3, 0.4) is 0 Å². The van der Waals surface area contributed by atoms with Gasteiger partial charge >= 0.3 is 11.4 Å². The zero-order chi connectivity index (χ0) is 16.7. The molecule has 0 aliphatic carbocycles. The average Bonchev–Trinajstić information content (AvgIpc) is 2.45. The van der Waals surface area contributed by atoms with Gasteiger partial charge in [-0.2, -0.15) is 9.97 Å². The van der Waals surface area contributed by atoms with Crippen LogP contribution in [0, 0.1) is 11.6 Å². The summed E-state index contributed by atoms with van der Waals surface area (Å²) >= 11 is 0. The summed E-state index contributed by atoms with van der Waals surface area (Å²) in [5.41, 5.74) is 3.69. The number of rotatable bonds is 2. The van der Waals surface area contributed by atoms with E-state index >= 15 is 0 Å². The molecule has 9 nitrogen and oxygen atoms in total. The van der Waals surface area contributed by atoms with Crippen LogP contribution in [0.5, 0.6) is 0 Å². The number of halogens is 2. The Morgan fingerprint density at radius 1 is 1.14 bits per heavy atom. The number of anilines is 1. The molecule has 0 aliphatic heterocycles. The van der Waals surface area contributed by atoms with Gasteiger partial charge in [0, 0.05) is 14.1 Å². The van der Waals surface area contributed by atoms with E-state index < -0.39 is 23.0 Å². The maximum atomic E-state index is 12.9. The number of hydrogen-bond acceptors (Lipinski definition) is 6. The van der Waals surface area contributed by atoms with Gasteiger partial charge < -0.3 is 10.6 Å². The highest BCUT2D eigenvalue weighted by molar-refractivity contribution is 5.58. The molecule has 0 saturated heterocycles. The summed E-state index contributed by atoms with van der Waals surface area (Å²) < 4.78 is 25.0. The van der Waals surface area contributed by atoms with Crippen LogP contribution < -0.4 is 17.1 Å². The van der Waals surface area contributed by atoms with Crippen LogP contribution in [0.2, 0.25) is 0 Å². The van der Waals surface area contributed by atoms with Gasteiger partial charge in [-0.05, 0) is 0 Å². The van der Waals surface area contributed by atoms with Gasteiger partial charge in [0.25, 0.3) is 0 Å². The smallest absolute Gasteiger partial charge is 0.346 e. The third-order valence-electron chi connectivity index (χ3n) is 1.96. The Labute approximate surface area is 122 Å². The summed E-state index contributed by atoms with van der Waals surface area (Å²) in [7, 11) is 3.47. The first-order valence-corrected chi connectivity index (χ1v) is 5.75. The van der Waals surface area contributed by atoms with Crippen LogP contribution in [0.1, 0.15) is 0 Å². The molecule has 118 valence electrons. The Balaban J connectivity index is 0.000000235. The van der Waals surface area contributed by atoms with Crippen LogP contribution >= 0.6 is 0 Å². The van der Waals surface area contributed by atoms with Gasteiger partial charge in [0.1, 0.15) is 5.82 Å². The maximum absolute atomic E-state index is 12.9. The molecule has 0 aliphatic rings. The fourth-order valence-corrected chi connectivity index (χ4v) is 1.03. The van der Waals surface area contributed by atoms with Gasteiger partial charge in [-0.15, -0.1) is 0 Å². The molecular formula is C11H13F2N7O2. The molecule has 2 rings (SSSR count). The predicted molar refractivity (Wildman–Crippen MR) is 75.9 cm³/mol. The van der Waals surface area contributed by atoms with E-state index in [1.54, 1.807) is 19.0 Å². The Hall–Kier alpha value is -3.11. The zero-order valence-electron chi connectivity index (χ0n) is 11.7. The summed E-state index contributed by atoms with van der Waals surface area (Å²) in [5, 5.41) is 0. The molecule has 0 saturated carbocycles. The summed E-state index contributed by atoms with van der Waals surface area (Å²) in [6.07, 6.45) is 2.99. The topological polar surface area (TPSA) is 133 Å². The van der Waals surface area contributed by atoms with Crippen LogP contribution in [0.15, 0.2) is 27.0 Å². The third-order valence-corrected chi connectivity index (χ3v) is 1.96. The summed E-state index contributed by atoms with van der Waals surface area (Å²) in [6.45, 7) is 0. The highest BCUT2D eigenvalue weighted by Gasteiger charge is 2.00. The SMILES string of the molecule is CN(C)C=Nc1[nH]c(=O)ncc1F.Nc1[nH]c(=O)ncc1F. The first-order chi connectivity index (χ1) is 10.3. The lowest BCUT2D eigenvalue weighted by atomic mass is 10.6. The fourth-order valence-electron chi connectivity index (χ4n) is 1.03. The van der Waals surface area contributed by atoms with Crippen molar-refractivity contribution in [2.75, 3.05) is 19.8 Å². The molecular weight excluding hydrogens is 300 g/mol. The van der Waals surface area contributed by atoms with Crippen molar-refractivity contribution in [2.45, 2.75) is 0 Å². The van der Waals surface area contributed by atoms with Crippen molar-refractivity contribution < 1.29 is 8.78 Å². The molecule has 2 heterocycles. The maximum Gasteiger partial charge on any atom is 0.346 e. The first-order valence-electron chi connectivity index (χ1n) is 5.75. The van der Waals surface area contributed by atoms with E-state index in [0.29, 0.717) is 0 Å². The van der Waals surface area contributed by atoms with Crippen LogP contribution in [-0.2, 0) is 0 Å². The molecule has 0 fully saturated rings. The van der Waals surface area contributed by atoms with Crippen molar-refractivity contribution in [1.82, 2.24) is 24.8 Å².